The van der Waals surface area contributed by atoms with Gasteiger partial charge < -0.3 is 4.90 Å². The van der Waals surface area contributed by atoms with E-state index in [9.17, 15) is 0 Å². The minimum absolute atomic E-state index is 1.15. The molecule has 0 N–H and O–H groups in total. The second-order valence-electron chi connectivity index (χ2n) is 6.35. The molecule has 1 nitrogen and oxygen atoms in total. The summed E-state index contributed by atoms with van der Waals surface area (Å²) < 4.78 is 0. The highest BCUT2D eigenvalue weighted by atomic mass is 15.1. The van der Waals surface area contributed by atoms with Crippen LogP contribution in [0.2, 0.25) is 0 Å². The number of anilines is 3. The summed E-state index contributed by atoms with van der Waals surface area (Å²) in [6, 6.07) is 26.0. The Bertz CT molecular complexity index is 827. The Morgan fingerprint density at radius 3 is 1.23 bits per heavy atom. The van der Waals surface area contributed by atoms with Gasteiger partial charge in [0.1, 0.15) is 0 Å². The Morgan fingerprint density at radius 2 is 0.885 bits per heavy atom. The second-order valence-corrected chi connectivity index (χ2v) is 6.35. The summed E-state index contributed by atoms with van der Waals surface area (Å²) in [4.78, 5) is 2.29. The molecule has 26 heavy (non-hydrogen) atoms. The number of aryl methyl sites for hydroxylation is 1. The summed E-state index contributed by atoms with van der Waals surface area (Å²) in [5.74, 6) is 0. The number of hydrogen-bond acceptors (Lipinski definition) is 1. The Labute approximate surface area is 156 Å². The van der Waals surface area contributed by atoms with E-state index >= 15 is 0 Å². The molecule has 0 aliphatic carbocycles. The lowest BCUT2D eigenvalue weighted by Crippen LogP contribution is -2.09. The van der Waals surface area contributed by atoms with Crippen molar-refractivity contribution in [2.45, 2.75) is 20.8 Å². The fourth-order valence-electron chi connectivity index (χ4n) is 2.99. The van der Waals surface area contributed by atoms with Crippen molar-refractivity contribution >= 4 is 29.2 Å². The number of benzene rings is 3. The number of hydrogen-bond donors (Lipinski definition) is 0. The van der Waals surface area contributed by atoms with E-state index in [0.29, 0.717) is 0 Å². The van der Waals surface area contributed by atoms with Crippen molar-refractivity contribution in [3.05, 3.63) is 102 Å². The van der Waals surface area contributed by atoms with Crippen LogP contribution in [0.3, 0.4) is 0 Å². The van der Waals surface area contributed by atoms with Gasteiger partial charge in [0, 0.05) is 17.1 Å². The van der Waals surface area contributed by atoms with Crippen LogP contribution in [-0.4, -0.2) is 0 Å². The zero-order valence-electron chi connectivity index (χ0n) is 15.7. The van der Waals surface area contributed by atoms with Crippen molar-refractivity contribution in [1.29, 1.82) is 0 Å². The third-order valence-electron chi connectivity index (χ3n) is 4.31. The van der Waals surface area contributed by atoms with Gasteiger partial charge in [-0.1, -0.05) is 66.3 Å². The van der Waals surface area contributed by atoms with Crippen molar-refractivity contribution in [3.8, 4) is 0 Å². The van der Waals surface area contributed by atoms with E-state index in [4.69, 9.17) is 0 Å². The SMILES string of the molecule is C/C=C/c1ccc(N(c2ccc(C)cc2)c2ccc(/C=C/C)cc2)cc1. The van der Waals surface area contributed by atoms with Crippen LogP contribution >= 0.6 is 0 Å². The third kappa shape index (κ3) is 4.12. The standard InChI is InChI=1S/C25H25N/c1-4-6-21-10-16-24(17-11-21)26(23-14-8-20(3)9-15-23)25-18-12-22(7-5-2)13-19-25/h4-19H,1-3H3/b6-4+,7-5+. The molecule has 0 aliphatic heterocycles. The first-order chi connectivity index (χ1) is 12.7. The zero-order chi connectivity index (χ0) is 18.4. The van der Waals surface area contributed by atoms with E-state index in [2.05, 4.69) is 109 Å². The average Bonchev–Trinajstić information content (AvgIpc) is 2.67. The first-order valence-electron chi connectivity index (χ1n) is 9.03. The molecule has 130 valence electrons. The Morgan fingerprint density at radius 1 is 0.538 bits per heavy atom. The maximum atomic E-state index is 2.29. The maximum absolute atomic E-state index is 2.29. The van der Waals surface area contributed by atoms with Crippen LogP contribution in [0.25, 0.3) is 12.2 Å². The molecule has 0 saturated carbocycles. The monoisotopic (exact) mass is 339 g/mol. The molecule has 0 atom stereocenters. The molecule has 0 fully saturated rings. The van der Waals surface area contributed by atoms with Crippen molar-refractivity contribution in [2.24, 2.45) is 0 Å². The van der Waals surface area contributed by atoms with Crippen molar-refractivity contribution in [1.82, 2.24) is 0 Å². The van der Waals surface area contributed by atoms with Gasteiger partial charge >= 0.3 is 0 Å². The molecule has 0 bridgehead atoms. The molecule has 3 aromatic rings. The van der Waals surface area contributed by atoms with E-state index in [0.717, 1.165) is 17.1 Å². The molecule has 0 heterocycles. The van der Waals surface area contributed by atoms with Gasteiger partial charge in [-0.3, -0.25) is 0 Å². The highest BCUT2D eigenvalue weighted by Crippen LogP contribution is 2.34. The summed E-state index contributed by atoms with van der Waals surface area (Å²) in [5, 5.41) is 0. The van der Waals surface area contributed by atoms with Crippen molar-refractivity contribution < 1.29 is 0 Å². The van der Waals surface area contributed by atoms with Gasteiger partial charge in [-0.2, -0.15) is 0 Å². The van der Waals surface area contributed by atoms with Gasteiger partial charge in [0.2, 0.25) is 0 Å². The molecule has 3 rings (SSSR count). The summed E-state index contributed by atoms with van der Waals surface area (Å²) in [6.45, 7) is 6.20. The Balaban J connectivity index is 2.05. The number of allylic oxidation sites excluding steroid dienone is 2. The lowest BCUT2D eigenvalue weighted by Gasteiger charge is -2.26. The topological polar surface area (TPSA) is 3.24 Å². The first kappa shape index (κ1) is 17.8. The van der Waals surface area contributed by atoms with E-state index < -0.39 is 0 Å². The smallest absolute Gasteiger partial charge is 0.0462 e. The van der Waals surface area contributed by atoms with Crippen molar-refractivity contribution in [2.75, 3.05) is 4.90 Å². The average molecular weight is 339 g/mol. The van der Waals surface area contributed by atoms with Crippen LogP contribution in [0, 0.1) is 6.92 Å². The summed E-state index contributed by atoms with van der Waals surface area (Å²) >= 11 is 0. The lowest BCUT2D eigenvalue weighted by molar-refractivity contribution is 1.27. The first-order valence-corrected chi connectivity index (χ1v) is 9.03. The molecule has 0 radical (unpaired) electrons. The second kappa shape index (κ2) is 8.35. The van der Waals surface area contributed by atoms with Crippen LogP contribution in [-0.2, 0) is 0 Å². The fourth-order valence-corrected chi connectivity index (χ4v) is 2.99. The van der Waals surface area contributed by atoms with Crippen LogP contribution < -0.4 is 4.90 Å². The predicted octanol–water partition coefficient (Wildman–Crippen LogP) is 7.53. The van der Waals surface area contributed by atoms with E-state index in [1.54, 1.807) is 0 Å². The summed E-state index contributed by atoms with van der Waals surface area (Å²) in [5.41, 5.74) is 7.16. The van der Waals surface area contributed by atoms with Crippen LogP contribution in [0.1, 0.15) is 30.5 Å². The van der Waals surface area contributed by atoms with Crippen LogP contribution in [0.5, 0.6) is 0 Å². The van der Waals surface area contributed by atoms with Gasteiger partial charge in [-0.15, -0.1) is 0 Å². The Kier molecular flexibility index (Phi) is 5.70. The van der Waals surface area contributed by atoms with E-state index in [1.165, 1.54) is 16.7 Å². The number of rotatable bonds is 5. The Hall–Kier alpha value is -3.06. The molecular formula is C25H25N. The van der Waals surface area contributed by atoms with Crippen LogP contribution in [0.15, 0.2) is 84.9 Å². The molecule has 0 saturated heterocycles. The number of nitrogens with zero attached hydrogens (tertiary/aromatic N) is 1. The van der Waals surface area contributed by atoms with E-state index in [1.807, 2.05) is 13.8 Å². The quantitative estimate of drug-likeness (QED) is 0.464. The molecule has 0 unspecified atom stereocenters. The van der Waals surface area contributed by atoms with Gasteiger partial charge in [-0.25, -0.2) is 0 Å². The molecular weight excluding hydrogens is 314 g/mol. The zero-order valence-corrected chi connectivity index (χ0v) is 15.7. The van der Waals surface area contributed by atoms with Gasteiger partial charge in [0.15, 0.2) is 0 Å². The summed E-state index contributed by atoms with van der Waals surface area (Å²) in [6.07, 6.45) is 8.36. The predicted molar refractivity (Wildman–Crippen MR) is 115 cm³/mol. The fraction of sp³-hybridized carbons (Fsp3) is 0.120. The van der Waals surface area contributed by atoms with Gasteiger partial charge in [0.25, 0.3) is 0 Å². The van der Waals surface area contributed by atoms with Crippen molar-refractivity contribution in [3.63, 3.8) is 0 Å². The summed E-state index contributed by atoms with van der Waals surface area (Å²) in [7, 11) is 0. The maximum Gasteiger partial charge on any atom is 0.0462 e. The van der Waals surface area contributed by atoms with Crippen LogP contribution in [0.4, 0.5) is 17.1 Å². The molecule has 0 amide bonds. The molecule has 0 spiro atoms. The van der Waals surface area contributed by atoms with Gasteiger partial charge in [-0.05, 0) is 68.3 Å². The van der Waals surface area contributed by atoms with E-state index in [-0.39, 0.29) is 0 Å². The van der Waals surface area contributed by atoms with Gasteiger partial charge in [0.05, 0.1) is 0 Å². The molecule has 0 aromatic heterocycles. The normalized spacial score (nSPS) is 11.3. The largest absolute Gasteiger partial charge is 0.311 e. The highest BCUT2D eigenvalue weighted by Gasteiger charge is 2.12. The minimum Gasteiger partial charge on any atom is -0.311 e. The molecule has 1 heteroatoms. The molecule has 3 aromatic carbocycles. The molecule has 0 aliphatic rings. The minimum atomic E-state index is 1.15. The highest BCUT2D eigenvalue weighted by molar-refractivity contribution is 5.77. The lowest BCUT2D eigenvalue weighted by atomic mass is 10.1. The third-order valence-corrected chi connectivity index (χ3v) is 4.31.